The van der Waals surface area contributed by atoms with Gasteiger partial charge in [-0.1, -0.05) is 26.0 Å². The normalized spacial score (nSPS) is 51.7. The van der Waals surface area contributed by atoms with Gasteiger partial charge in [-0.3, -0.25) is 4.79 Å². The lowest BCUT2D eigenvalue weighted by atomic mass is 9.44. The van der Waals surface area contributed by atoms with Crippen molar-refractivity contribution in [3.8, 4) is 0 Å². The molecule has 4 saturated carbocycles. The number of ether oxygens (including phenoxy) is 1. The van der Waals surface area contributed by atoms with Gasteiger partial charge in [0.05, 0.1) is 6.10 Å². The molecule has 0 aromatic carbocycles. The summed E-state index contributed by atoms with van der Waals surface area (Å²) in [6.07, 6.45) is 8.99. The van der Waals surface area contributed by atoms with Crippen molar-refractivity contribution in [2.75, 3.05) is 0 Å². The largest absolute Gasteiger partial charge is 0.463 e. The van der Waals surface area contributed by atoms with E-state index in [1.807, 2.05) is 0 Å². The van der Waals surface area contributed by atoms with Gasteiger partial charge in [-0.05, 0) is 93.3 Å². The zero-order valence-corrected chi connectivity index (χ0v) is 17.7. The van der Waals surface area contributed by atoms with Crippen LogP contribution in [0.5, 0.6) is 0 Å². The van der Waals surface area contributed by atoms with Crippen LogP contribution in [0.25, 0.3) is 0 Å². The monoisotopic (exact) mass is 374 g/mol. The van der Waals surface area contributed by atoms with Crippen molar-refractivity contribution >= 4 is 5.97 Å². The minimum absolute atomic E-state index is 0.0190. The topological polar surface area (TPSA) is 46.5 Å². The van der Waals surface area contributed by atoms with Gasteiger partial charge in [0.1, 0.15) is 6.10 Å². The van der Waals surface area contributed by atoms with Gasteiger partial charge in [0.2, 0.25) is 0 Å². The summed E-state index contributed by atoms with van der Waals surface area (Å²) in [6, 6.07) is 0. The van der Waals surface area contributed by atoms with E-state index in [0.29, 0.717) is 29.1 Å². The molecule has 0 saturated heterocycles. The maximum Gasteiger partial charge on any atom is 0.302 e. The number of hydrogen-bond donors (Lipinski definition) is 1. The average Bonchev–Trinajstić information content (AvgIpc) is 2.95. The lowest BCUT2D eigenvalue weighted by Crippen LogP contribution is -2.58. The molecule has 0 heterocycles. The molecule has 3 heteroatoms. The van der Waals surface area contributed by atoms with E-state index < -0.39 is 0 Å². The van der Waals surface area contributed by atoms with E-state index in [-0.39, 0.29) is 23.6 Å². The van der Waals surface area contributed by atoms with Crippen LogP contribution in [-0.4, -0.2) is 23.3 Å². The van der Waals surface area contributed by atoms with E-state index >= 15 is 0 Å². The van der Waals surface area contributed by atoms with Crippen molar-refractivity contribution in [1.29, 1.82) is 0 Å². The first kappa shape index (κ1) is 19.5. The van der Waals surface area contributed by atoms with Gasteiger partial charge in [-0.25, -0.2) is 0 Å². The van der Waals surface area contributed by atoms with Crippen molar-refractivity contribution in [2.24, 2.45) is 40.4 Å². The first-order valence-corrected chi connectivity index (χ1v) is 11.2. The van der Waals surface area contributed by atoms with Crippen molar-refractivity contribution < 1.29 is 14.6 Å². The SMILES string of the molecule is C=C(C)[C@H]1CC[C@H]2[C@@H]3CC[C@@H]4C[C@@H](OC(C)=O)CC[C@]4(C)[C@H]3C[C@H](O)[C@]12C. The fraction of sp³-hybridized carbons (Fsp3) is 0.875. The van der Waals surface area contributed by atoms with Crippen LogP contribution >= 0.6 is 0 Å². The van der Waals surface area contributed by atoms with E-state index in [1.54, 1.807) is 0 Å². The number of allylic oxidation sites excluding steroid dienone is 1. The van der Waals surface area contributed by atoms with E-state index in [0.717, 1.165) is 31.6 Å². The zero-order chi connectivity index (χ0) is 19.6. The van der Waals surface area contributed by atoms with E-state index in [1.165, 1.54) is 38.2 Å². The Bertz CT molecular complexity index is 627. The van der Waals surface area contributed by atoms with Gasteiger partial charge in [0, 0.05) is 12.3 Å². The Morgan fingerprint density at radius 1 is 1.04 bits per heavy atom. The molecule has 0 spiro atoms. The molecule has 0 radical (unpaired) electrons. The molecular weight excluding hydrogens is 336 g/mol. The standard InChI is InChI=1S/C24H38O3/c1-14(2)19-8-9-20-18-7-6-16-12-17(27-15(3)25)10-11-23(16,4)21(18)13-22(26)24(19,20)5/h16-22,26H,1,6-13H2,2-5H3/t16-,17+,18+,19-,20+,21+,22+,23+,24-/m1/s1. The second-order valence-corrected chi connectivity index (χ2v) is 10.8. The Morgan fingerprint density at radius 2 is 1.78 bits per heavy atom. The molecule has 4 aliphatic carbocycles. The molecule has 3 nitrogen and oxygen atoms in total. The fourth-order valence-corrected chi connectivity index (χ4v) is 8.32. The Labute approximate surface area is 164 Å². The molecular formula is C24H38O3. The number of fused-ring (bicyclic) bond motifs is 5. The summed E-state index contributed by atoms with van der Waals surface area (Å²) >= 11 is 0. The Kier molecular flexibility index (Phi) is 4.77. The van der Waals surface area contributed by atoms with Crippen LogP contribution < -0.4 is 0 Å². The van der Waals surface area contributed by atoms with Crippen molar-refractivity contribution in [3.05, 3.63) is 12.2 Å². The Balaban J connectivity index is 1.58. The Morgan fingerprint density at radius 3 is 2.44 bits per heavy atom. The molecule has 0 aromatic rings. The molecule has 0 amide bonds. The highest BCUT2D eigenvalue weighted by atomic mass is 16.5. The van der Waals surface area contributed by atoms with Crippen molar-refractivity contribution in [3.63, 3.8) is 0 Å². The number of aliphatic hydroxyl groups is 1. The first-order valence-electron chi connectivity index (χ1n) is 11.2. The molecule has 9 atom stereocenters. The van der Waals surface area contributed by atoms with Crippen LogP contribution in [0.3, 0.4) is 0 Å². The van der Waals surface area contributed by atoms with Crippen LogP contribution in [0.2, 0.25) is 0 Å². The van der Waals surface area contributed by atoms with Crippen LogP contribution in [0.1, 0.15) is 79.1 Å². The lowest BCUT2D eigenvalue weighted by Gasteiger charge is -2.62. The predicted molar refractivity (Wildman–Crippen MR) is 107 cm³/mol. The van der Waals surface area contributed by atoms with Crippen molar-refractivity contribution in [1.82, 2.24) is 0 Å². The molecule has 4 fully saturated rings. The van der Waals surface area contributed by atoms with Crippen LogP contribution in [0.15, 0.2) is 12.2 Å². The minimum Gasteiger partial charge on any atom is -0.463 e. The van der Waals surface area contributed by atoms with Gasteiger partial charge in [0.15, 0.2) is 0 Å². The van der Waals surface area contributed by atoms with Gasteiger partial charge in [-0.15, -0.1) is 0 Å². The molecule has 1 N–H and O–H groups in total. The number of hydrogen-bond acceptors (Lipinski definition) is 3. The molecule has 27 heavy (non-hydrogen) atoms. The molecule has 0 unspecified atom stereocenters. The summed E-state index contributed by atoms with van der Waals surface area (Å²) in [5.74, 6) is 2.96. The first-order chi connectivity index (χ1) is 12.7. The minimum atomic E-state index is -0.213. The molecule has 4 aliphatic rings. The van der Waals surface area contributed by atoms with Gasteiger partial charge in [-0.2, -0.15) is 0 Å². The highest BCUT2D eigenvalue weighted by molar-refractivity contribution is 5.66. The smallest absolute Gasteiger partial charge is 0.302 e. The summed E-state index contributed by atoms with van der Waals surface area (Å²) in [5, 5.41) is 11.4. The number of carbonyl (C=O) groups excluding carboxylic acids is 1. The second kappa shape index (κ2) is 6.61. The van der Waals surface area contributed by atoms with Crippen LogP contribution in [0, 0.1) is 40.4 Å². The van der Waals surface area contributed by atoms with Gasteiger partial charge < -0.3 is 9.84 Å². The maximum atomic E-state index is 11.4. The van der Waals surface area contributed by atoms with Gasteiger partial charge in [0.25, 0.3) is 0 Å². The summed E-state index contributed by atoms with van der Waals surface area (Å²) < 4.78 is 5.57. The number of esters is 1. The summed E-state index contributed by atoms with van der Waals surface area (Å²) in [5.41, 5.74) is 1.58. The van der Waals surface area contributed by atoms with E-state index in [4.69, 9.17) is 4.74 Å². The van der Waals surface area contributed by atoms with Crippen molar-refractivity contribution in [2.45, 2.75) is 91.3 Å². The third kappa shape index (κ3) is 2.82. The molecule has 0 bridgehead atoms. The maximum absolute atomic E-state index is 11.4. The summed E-state index contributed by atoms with van der Waals surface area (Å²) in [4.78, 5) is 11.4. The van der Waals surface area contributed by atoms with E-state index in [9.17, 15) is 9.90 Å². The Hall–Kier alpha value is -0.830. The molecule has 0 aromatic heterocycles. The summed E-state index contributed by atoms with van der Waals surface area (Å²) in [7, 11) is 0. The zero-order valence-electron chi connectivity index (χ0n) is 17.7. The lowest BCUT2D eigenvalue weighted by molar-refractivity contribution is -0.176. The van der Waals surface area contributed by atoms with Crippen LogP contribution in [-0.2, 0) is 9.53 Å². The van der Waals surface area contributed by atoms with Crippen LogP contribution in [0.4, 0.5) is 0 Å². The van der Waals surface area contributed by atoms with E-state index in [2.05, 4.69) is 27.4 Å². The molecule has 152 valence electrons. The fourth-order valence-electron chi connectivity index (χ4n) is 8.32. The number of aliphatic hydroxyl groups excluding tert-OH is 1. The number of carbonyl (C=O) groups is 1. The highest BCUT2D eigenvalue weighted by Gasteiger charge is 2.63. The predicted octanol–water partition coefficient (Wildman–Crippen LogP) is 5.12. The molecule has 0 aliphatic heterocycles. The summed E-state index contributed by atoms with van der Waals surface area (Å²) in [6.45, 7) is 12.8. The molecule has 4 rings (SSSR count). The average molecular weight is 375 g/mol. The quantitative estimate of drug-likeness (QED) is 0.539. The second-order valence-electron chi connectivity index (χ2n) is 10.8. The number of rotatable bonds is 2. The third-order valence-electron chi connectivity index (χ3n) is 9.65. The van der Waals surface area contributed by atoms with Gasteiger partial charge >= 0.3 is 5.97 Å². The highest BCUT2D eigenvalue weighted by Crippen LogP contribution is 2.68. The third-order valence-corrected chi connectivity index (χ3v) is 9.65.